The van der Waals surface area contributed by atoms with Gasteiger partial charge in [-0.1, -0.05) is 19.1 Å². The van der Waals surface area contributed by atoms with Gasteiger partial charge in [-0.15, -0.1) is 0 Å². The molecule has 0 bridgehead atoms. The molecular weight excluding hydrogens is 190 g/mol. The lowest BCUT2D eigenvalue weighted by atomic mass is 10.4. The molecule has 0 atom stereocenters. The van der Waals surface area contributed by atoms with E-state index in [0.717, 1.165) is 26.2 Å². The Morgan fingerprint density at radius 1 is 1.07 bits per heavy atom. The highest BCUT2D eigenvalue weighted by atomic mass is 15.3. The van der Waals surface area contributed by atoms with Gasteiger partial charge in [0, 0.05) is 19.6 Å². The van der Waals surface area contributed by atoms with Gasteiger partial charge in [-0.2, -0.15) is 5.11 Å². The van der Waals surface area contributed by atoms with Gasteiger partial charge < -0.3 is 15.6 Å². The molecule has 5 heteroatoms. The number of rotatable bonds is 9. The molecule has 0 saturated heterocycles. The molecule has 0 aliphatic rings. The second-order valence-corrected chi connectivity index (χ2v) is 3.72. The van der Waals surface area contributed by atoms with E-state index >= 15 is 0 Å². The molecule has 0 aliphatic carbocycles. The molecule has 0 fully saturated rings. The number of nitrogens with zero attached hydrogens (tertiary/aromatic N) is 4. The first-order valence-corrected chi connectivity index (χ1v) is 5.72. The second kappa shape index (κ2) is 9.86. The van der Waals surface area contributed by atoms with E-state index in [1.54, 1.807) is 0 Å². The largest absolute Gasteiger partial charge is 0.305 e. The van der Waals surface area contributed by atoms with Crippen LogP contribution in [0.1, 0.15) is 20.3 Å². The summed E-state index contributed by atoms with van der Waals surface area (Å²) in [6, 6.07) is 0. The molecule has 0 heterocycles. The number of nitrogens with two attached hydrogens (primary N) is 1. The van der Waals surface area contributed by atoms with Crippen LogP contribution in [0.4, 0.5) is 0 Å². The van der Waals surface area contributed by atoms with E-state index < -0.39 is 0 Å². The van der Waals surface area contributed by atoms with Crippen LogP contribution >= 0.6 is 0 Å². The zero-order valence-corrected chi connectivity index (χ0v) is 10.3. The van der Waals surface area contributed by atoms with Gasteiger partial charge in [0.1, 0.15) is 0 Å². The summed E-state index contributed by atoms with van der Waals surface area (Å²) < 4.78 is 0. The van der Waals surface area contributed by atoms with E-state index in [4.69, 9.17) is 5.84 Å². The van der Waals surface area contributed by atoms with Crippen LogP contribution in [-0.4, -0.2) is 56.1 Å². The van der Waals surface area contributed by atoms with Gasteiger partial charge in [0.25, 0.3) is 0 Å². The summed E-state index contributed by atoms with van der Waals surface area (Å²) in [7, 11) is 2.10. The van der Waals surface area contributed by atoms with Crippen molar-refractivity contribution in [2.45, 2.75) is 20.3 Å². The Kier molecular flexibility index (Phi) is 9.41. The smallest absolute Gasteiger partial charge is 0.0747 e. The molecule has 0 amide bonds. The van der Waals surface area contributed by atoms with Crippen molar-refractivity contribution < 1.29 is 0 Å². The molecule has 15 heavy (non-hydrogen) atoms. The minimum atomic E-state index is 0.687. The van der Waals surface area contributed by atoms with Gasteiger partial charge in [-0.3, -0.25) is 0 Å². The highest BCUT2D eigenvalue weighted by molar-refractivity contribution is 4.59. The van der Waals surface area contributed by atoms with Crippen LogP contribution in [0.25, 0.3) is 0 Å². The van der Waals surface area contributed by atoms with E-state index in [0.29, 0.717) is 6.54 Å². The monoisotopic (exact) mass is 215 g/mol. The van der Waals surface area contributed by atoms with Crippen LogP contribution in [0.2, 0.25) is 0 Å². The van der Waals surface area contributed by atoms with Crippen molar-refractivity contribution in [1.82, 2.24) is 9.80 Å². The predicted molar refractivity (Wildman–Crippen MR) is 63.8 cm³/mol. The lowest BCUT2D eigenvalue weighted by Crippen LogP contribution is -2.34. The zero-order valence-electron chi connectivity index (χ0n) is 10.3. The Bertz CT molecular complexity index is 160. The molecule has 5 nitrogen and oxygen atoms in total. The summed E-state index contributed by atoms with van der Waals surface area (Å²) in [5, 5.41) is 6.98. The first kappa shape index (κ1) is 14.3. The standard InChI is InChI=1S/C10H25N5/c1-4-7-15(5-2)10-9-14(3)8-6-12-13-11/h4-10H2,1-3H3,(H2,11,12). The quantitative estimate of drug-likeness (QED) is 0.354. The van der Waals surface area contributed by atoms with Crippen molar-refractivity contribution in [3.63, 3.8) is 0 Å². The Hall–Kier alpha value is -0.680. The van der Waals surface area contributed by atoms with Gasteiger partial charge in [-0.25, -0.2) is 0 Å². The molecule has 0 spiro atoms. The van der Waals surface area contributed by atoms with Crippen molar-refractivity contribution in [3.8, 4) is 0 Å². The summed E-state index contributed by atoms with van der Waals surface area (Å²) in [5.41, 5.74) is 0. The summed E-state index contributed by atoms with van der Waals surface area (Å²) in [5.74, 6) is 4.93. The van der Waals surface area contributed by atoms with Gasteiger partial charge in [0.05, 0.1) is 6.54 Å². The molecule has 2 N–H and O–H groups in total. The van der Waals surface area contributed by atoms with Crippen molar-refractivity contribution in [2.75, 3.05) is 46.3 Å². The maximum atomic E-state index is 4.93. The van der Waals surface area contributed by atoms with Crippen LogP contribution in [0, 0.1) is 0 Å². The van der Waals surface area contributed by atoms with E-state index in [1.807, 2.05) is 0 Å². The minimum absolute atomic E-state index is 0.687. The van der Waals surface area contributed by atoms with Crippen LogP contribution < -0.4 is 5.84 Å². The summed E-state index contributed by atoms with van der Waals surface area (Å²) in [6.07, 6.45) is 1.22. The van der Waals surface area contributed by atoms with Gasteiger partial charge in [0.15, 0.2) is 0 Å². The Balaban J connectivity index is 3.53. The van der Waals surface area contributed by atoms with E-state index in [2.05, 4.69) is 41.0 Å². The first-order chi connectivity index (χ1) is 7.24. The fraction of sp³-hybridized carbons (Fsp3) is 1.00. The molecule has 0 radical (unpaired) electrons. The second-order valence-electron chi connectivity index (χ2n) is 3.72. The molecule has 90 valence electrons. The van der Waals surface area contributed by atoms with Crippen molar-refractivity contribution in [3.05, 3.63) is 0 Å². The Morgan fingerprint density at radius 3 is 2.33 bits per heavy atom. The Morgan fingerprint density at radius 2 is 1.80 bits per heavy atom. The zero-order chi connectivity index (χ0) is 11.5. The number of likely N-dealkylation sites (N-methyl/N-ethyl adjacent to an activating group) is 2. The maximum Gasteiger partial charge on any atom is 0.0747 e. The third-order valence-electron chi connectivity index (χ3n) is 2.45. The highest BCUT2D eigenvalue weighted by Crippen LogP contribution is 1.92. The maximum absolute atomic E-state index is 4.93. The molecule has 0 unspecified atom stereocenters. The van der Waals surface area contributed by atoms with Gasteiger partial charge in [-0.05, 0) is 26.6 Å². The first-order valence-electron chi connectivity index (χ1n) is 5.72. The molecule has 0 aromatic rings. The molecule has 0 aromatic heterocycles. The lowest BCUT2D eigenvalue weighted by molar-refractivity contribution is 0.235. The van der Waals surface area contributed by atoms with Crippen LogP contribution in [0.3, 0.4) is 0 Å². The predicted octanol–water partition coefficient (Wildman–Crippen LogP) is 0.976. The van der Waals surface area contributed by atoms with Crippen LogP contribution in [0.5, 0.6) is 0 Å². The van der Waals surface area contributed by atoms with E-state index in [1.165, 1.54) is 13.0 Å². The van der Waals surface area contributed by atoms with Crippen LogP contribution in [0.15, 0.2) is 10.3 Å². The highest BCUT2D eigenvalue weighted by Gasteiger charge is 2.02. The molecular formula is C10H25N5. The molecule has 0 aromatic carbocycles. The van der Waals surface area contributed by atoms with Crippen molar-refractivity contribution >= 4 is 0 Å². The molecule has 0 aliphatic heterocycles. The van der Waals surface area contributed by atoms with Gasteiger partial charge >= 0.3 is 0 Å². The summed E-state index contributed by atoms with van der Waals surface area (Å²) in [4.78, 5) is 4.72. The summed E-state index contributed by atoms with van der Waals surface area (Å²) >= 11 is 0. The SMILES string of the molecule is CCCN(CC)CCN(C)CCN=NN. The van der Waals surface area contributed by atoms with Crippen LogP contribution in [-0.2, 0) is 0 Å². The lowest BCUT2D eigenvalue weighted by Gasteiger charge is -2.23. The number of hydrogen-bond acceptors (Lipinski definition) is 4. The normalized spacial score (nSPS) is 12.1. The molecule has 0 saturated carbocycles. The summed E-state index contributed by atoms with van der Waals surface area (Å²) in [6.45, 7) is 10.6. The van der Waals surface area contributed by atoms with Gasteiger partial charge in [0.2, 0.25) is 0 Å². The third kappa shape index (κ3) is 8.32. The fourth-order valence-corrected chi connectivity index (χ4v) is 1.44. The minimum Gasteiger partial charge on any atom is -0.305 e. The molecule has 0 rings (SSSR count). The van der Waals surface area contributed by atoms with E-state index in [-0.39, 0.29) is 0 Å². The van der Waals surface area contributed by atoms with Crippen molar-refractivity contribution in [1.29, 1.82) is 0 Å². The topological polar surface area (TPSA) is 57.2 Å². The third-order valence-corrected chi connectivity index (χ3v) is 2.45. The Labute approximate surface area is 93.3 Å². The van der Waals surface area contributed by atoms with E-state index in [9.17, 15) is 0 Å². The fourth-order valence-electron chi connectivity index (χ4n) is 1.44. The average molecular weight is 215 g/mol. The number of hydrogen-bond donors (Lipinski definition) is 1. The van der Waals surface area contributed by atoms with Crippen molar-refractivity contribution in [2.24, 2.45) is 16.2 Å². The average Bonchev–Trinajstić information content (AvgIpc) is 2.24.